The normalized spacial score (nSPS) is 29.8. The van der Waals surface area contributed by atoms with Gasteiger partial charge < -0.3 is 14.5 Å². The number of hydrogen-bond acceptors (Lipinski definition) is 5. The summed E-state index contributed by atoms with van der Waals surface area (Å²) < 4.78 is 5.57. The molecule has 4 heterocycles. The van der Waals surface area contributed by atoms with Crippen molar-refractivity contribution in [1.29, 1.82) is 0 Å². The van der Waals surface area contributed by atoms with Gasteiger partial charge in [0.05, 0.1) is 5.92 Å². The van der Waals surface area contributed by atoms with E-state index in [1.165, 1.54) is 11.1 Å². The maximum atomic E-state index is 13.4. The second-order valence-electron chi connectivity index (χ2n) is 9.10. The molecule has 0 bridgehead atoms. The highest BCUT2D eigenvalue weighted by molar-refractivity contribution is 5.81. The van der Waals surface area contributed by atoms with Crippen LogP contribution in [-0.4, -0.2) is 66.5 Å². The molecule has 5 rings (SSSR count). The van der Waals surface area contributed by atoms with Crippen molar-refractivity contribution in [2.75, 3.05) is 32.8 Å². The van der Waals surface area contributed by atoms with Gasteiger partial charge in [-0.25, -0.2) is 0 Å². The Bertz CT molecular complexity index is 786. The molecule has 162 valence electrons. The number of hydrazine groups is 1. The van der Waals surface area contributed by atoms with Crippen molar-refractivity contribution >= 4 is 11.8 Å². The molecular formula is C23H32N4O3. The first kappa shape index (κ1) is 20.0. The number of piperidine rings is 1. The Kier molecular flexibility index (Phi) is 5.76. The molecule has 7 heteroatoms. The number of likely N-dealkylation sites (tertiary alicyclic amines) is 1. The Morgan fingerprint density at radius 1 is 0.967 bits per heavy atom. The fourth-order valence-electron chi connectivity index (χ4n) is 5.57. The number of carbonyl (C=O) groups is 2. The summed E-state index contributed by atoms with van der Waals surface area (Å²) in [4.78, 5) is 30.0. The van der Waals surface area contributed by atoms with Crippen molar-refractivity contribution in [3.8, 4) is 0 Å². The number of ether oxygens (including phenoxy) is 1. The summed E-state index contributed by atoms with van der Waals surface area (Å²) in [7, 11) is 0. The SMILES string of the molecule is O=C(C1CCCO1)N1CCC(C2NNCC2C(=O)N2CCc3ccccc3C2)CC1. The third-order valence-electron chi connectivity index (χ3n) is 7.35. The molecule has 30 heavy (non-hydrogen) atoms. The van der Waals surface area contributed by atoms with Gasteiger partial charge in [-0.1, -0.05) is 24.3 Å². The Balaban J connectivity index is 1.19. The summed E-state index contributed by atoms with van der Waals surface area (Å²) in [6.07, 6.45) is 4.40. The monoisotopic (exact) mass is 412 g/mol. The standard InChI is InChI=1S/C23H32N4O3/c28-22(27-12-7-16-4-1-2-5-18(16)15-27)19-14-24-25-21(19)17-8-10-26(11-9-17)23(29)20-6-3-13-30-20/h1-2,4-5,17,19-21,24-25H,3,6-15H2. The summed E-state index contributed by atoms with van der Waals surface area (Å²) in [5, 5.41) is 0. The second-order valence-corrected chi connectivity index (χ2v) is 9.10. The third-order valence-corrected chi connectivity index (χ3v) is 7.35. The molecule has 3 saturated heterocycles. The summed E-state index contributed by atoms with van der Waals surface area (Å²) in [5.41, 5.74) is 9.27. The first-order valence-electron chi connectivity index (χ1n) is 11.4. The smallest absolute Gasteiger partial charge is 0.251 e. The molecule has 3 atom stereocenters. The van der Waals surface area contributed by atoms with Crippen molar-refractivity contribution in [1.82, 2.24) is 20.7 Å². The molecule has 4 aliphatic heterocycles. The Morgan fingerprint density at radius 3 is 2.53 bits per heavy atom. The summed E-state index contributed by atoms with van der Waals surface area (Å²) in [6, 6.07) is 8.57. The fourth-order valence-corrected chi connectivity index (χ4v) is 5.57. The van der Waals surface area contributed by atoms with Crippen LogP contribution in [-0.2, 0) is 27.3 Å². The van der Waals surface area contributed by atoms with Crippen LogP contribution >= 0.6 is 0 Å². The summed E-state index contributed by atoms with van der Waals surface area (Å²) in [5.74, 6) is 0.771. The Hall–Kier alpha value is -1.96. The lowest BCUT2D eigenvalue weighted by Gasteiger charge is -2.38. The van der Waals surface area contributed by atoms with Crippen molar-refractivity contribution in [3.05, 3.63) is 35.4 Å². The van der Waals surface area contributed by atoms with Crippen molar-refractivity contribution in [2.24, 2.45) is 11.8 Å². The zero-order valence-electron chi connectivity index (χ0n) is 17.5. The van der Waals surface area contributed by atoms with Crippen molar-refractivity contribution in [2.45, 2.75) is 50.8 Å². The van der Waals surface area contributed by atoms with Gasteiger partial charge in [0.15, 0.2) is 0 Å². The quantitative estimate of drug-likeness (QED) is 0.777. The first-order valence-corrected chi connectivity index (χ1v) is 11.4. The van der Waals surface area contributed by atoms with Crippen LogP contribution in [0.15, 0.2) is 24.3 Å². The molecule has 4 aliphatic rings. The maximum Gasteiger partial charge on any atom is 0.251 e. The van der Waals surface area contributed by atoms with Gasteiger partial charge in [-0.05, 0) is 49.1 Å². The predicted molar refractivity (Wildman–Crippen MR) is 112 cm³/mol. The average Bonchev–Trinajstić information content (AvgIpc) is 3.50. The lowest BCUT2D eigenvalue weighted by Crippen LogP contribution is -2.51. The van der Waals surface area contributed by atoms with Gasteiger partial charge in [-0.15, -0.1) is 0 Å². The van der Waals surface area contributed by atoms with Crippen molar-refractivity contribution < 1.29 is 14.3 Å². The van der Waals surface area contributed by atoms with E-state index in [0.717, 1.165) is 51.7 Å². The second kappa shape index (κ2) is 8.65. The van der Waals surface area contributed by atoms with Gasteiger partial charge >= 0.3 is 0 Å². The van der Waals surface area contributed by atoms with Crippen LogP contribution in [0.5, 0.6) is 0 Å². The lowest BCUT2D eigenvalue weighted by molar-refractivity contribution is -0.143. The molecule has 0 spiro atoms. The van der Waals surface area contributed by atoms with E-state index in [9.17, 15) is 9.59 Å². The summed E-state index contributed by atoms with van der Waals surface area (Å²) >= 11 is 0. The van der Waals surface area contributed by atoms with E-state index >= 15 is 0 Å². The maximum absolute atomic E-state index is 13.4. The van der Waals surface area contributed by atoms with Crippen molar-refractivity contribution in [3.63, 3.8) is 0 Å². The van der Waals surface area contributed by atoms with Gasteiger partial charge in [-0.3, -0.25) is 20.4 Å². The molecule has 2 amide bonds. The Morgan fingerprint density at radius 2 is 1.77 bits per heavy atom. The van der Waals surface area contributed by atoms with E-state index in [2.05, 4.69) is 35.1 Å². The van der Waals surface area contributed by atoms with Crippen LogP contribution in [0.1, 0.15) is 36.8 Å². The average molecular weight is 413 g/mol. The van der Waals surface area contributed by atoms with Crippen LogP contribution in [0.25, 0.3) is 0 Å². The number of fused-ring (bicyclic) bond motifs is 1. The zero-order valence-corrected chi connectivity index (χ0v) is 17.5. The van der Waals surface area contributed by atoms with Gasteiger partial charge in [-0.2, -0.15) is 0 Å². The van der Waals surface area contributed by atoms with Gasteiger partial charge in [0.1, 0.15) is 6.10 Å². The molecule has 0 aliphatic carbocycles. The van der Waals surface area contributed by atoms with Gasteiger partial charge in [0.2, 0.25) is 5.91 Å². The van der Waals surface area contributed by atoms with E-state index in [-0.39, 0.29) is 29.9 Å². The number of nitrogens with zero attached hydrogens (tertiary/aromatic N) is 2. The number of benzene rings is 1. The van der Waals surface area contributed by atoms with Crippen LogP contribution in [0.3, 0.4) is 0 Å². The number of amides is 2. The fraction of sp³-hybridized carbons (Fsp3) is 0.652. The molecule has 0 radical (unpaired) electrons. The number of nitrogens with one attached hydrogen (secondary N) is 2. The number of carbonyl (C=O) groups excluding carboxylic acids is 2. The zero-order chi connectivity index (χ0) is 20.5. The number of rotatable bonds is 3. The van der Waals surface area contributed by atoms with E-state index in [0.29, 0.717) is 25.6 Å². The first-order chi connectivity index (χ1) is 14.7. The Labute approximate surface area is 178 Å². The van der Waals surface area contributed by atoms with Crippen LogP contribution in [0.2, 0.25) is 0 Å². The van der Waals surface area contributed by atoms with E-state index in [1.54, 1.807) is 0 Å². The van der Waals surface area contributed by atoms with E-state index in [1.807, 2.05) is 9.80 Å². The molecule has 0 saturated carbocycles. The topological polar surface area (TPSA) is 73.9 Å². The van der Waals surface area contributed by atoms with Gasteiger partial charge in [0, 0.05) is 45.4 Å². The van der Waals surface area contributed by atoms with Crippen LogP contribution in [0.4, 0.5) is 0 Å². The molecule has 3 fully saturated rings. The minimum Gasteiger partial charge on any atom is -0.368 e. The van der Waals surface area contributed by atoms with E-state index < -0.39 is 0 Å². The molecule has 1 aromatic rings. The van der Waals surface area contributed by atoms with Crippen LogP contribution in [0, 0.1) is 11.8 Å². The molecule has 3 unspecified atom stereocenters. The number of hydrogen-bond donors (Lipinski definition) is 2. The molecule has 2 N–H and O–H groups in total. The molecule has 0 aromatic heterocycles. The third kappa shape index (κ3) is 3.86. The lowest BCUT2D eigenvalue weighted by atomic mass is 9.82. The largest absolute Gasteiger partial charge is 0.368 e. The minimum absolute atomic E-state index is 0.0410. The van der Waals surface area contributed by atoms with Gasteiger partial charge in [0.25, 0.3) is 5.91 Å². The predicted octanol–water partition coefficient (Wildman–Crippen LogP) is 1.08. The summed E-state index contributed by atoms with van der Waals surface area (Å²) in [6.45, 7) is 4.42. The minimum atomic E-state index is -0.232. The highest BCUT2D eigenvalue weighted by Gasteiger charge is 2.42. The highest BCUT2D eigenvalue weighted by Crippen LogP contribution is 2.30. The molecular weight excluding hydrogens is 380 g/mol. The van der Waals surface area contributed by atoms with Crippen LogP contribution < -0.4 is 10.9 Å². The highest BCUT2D eigenvalue weighted by atomic mass is 16.5. The molecule has 7 nitrogen and oxygen atoms in total. The van der Waals surface area contributed by atoms with E-state index in [4.69, 9.17) is 4.74 Å². The molecule has 1 aromatic carbocycles.